The Balaban J connectivity index is 2.59. The molecule has 0 spiro atoms. The van der Waals surface area contributed by atoms with E-state index in [1.165, 1.54) is 0 Å². The molecule has 96 valence electrons. The highest BCUT2D eigenvalue weighted by Gasteiger charge is 2.33. The van der Waals surface area contributed by atoms with Crippen molar-refractivity contribution < 1.29 is 4.79 Å². The van der Waals surface area contributed by atoms with E-state index < -0.39 is 5.41 Å². The van der Waals surface area contributed by atoms with Gasteiger partial charge in [-0.25, -0.2) is 0 Å². The lowest BCUT2D eigenvalue weighted by molar-refractivity contribution is -0.137. The Morgan fingerprint density at radius 2 is 2.11 bits per heavy atom. The van der Waals surface area contributed by atoms with E-state index in [1.807, 2.05) is 19.1 Å². The van der Waals surface area contributed by atoms with Gasteiger partial charge in [-0.2, -0.15) is 5.26 Å². The zero-order valence-electron chi connectivity index (χ0n) is 11.2. The minimum absolute atomic E-state index is 0.110. The Labute approximate surface area is 108 Å². The maximum Gasteiger partial charge on any atom is 0.242 e. The molecule has 0 aliphatic rings. The summed E-state index contributed by atoms with van der Waals surface area (Å²) in [7, 11) is 1.74. The monoisotopic (exact) mass is 245 g/mol. The number of likely N-dealkylation sites (N-methyl/N-ethyl adjacent to an activating group) is 1. The Kier molecular flexibility index (Phi) is 4.85. The molecule has 0 aliphatic carbocycles. The van der Waals surface area contributed by atoms with Crippen LogP contribution in [-0.4, -0.2) is 29.4 Å². The predicted octanol–water partition coefficient (Wildman–Crippen LogP) is 2.02. The van der Waals surface area contributed by atoms with Crippen LogP contribution in [0.4, 0.5) is 0 Å². The summed E-state index contributed by atoms with van der Waals surface area (Å²) in [5.41, 5.74) is 0.229. The van der Waals surface area contributed by atoms with Gasteiger partial charge in [-0.15, -0.1) is 0 Å². The van der Waals surface area contributed by atoms with E-state index >= 15 is 0 Å². The number of nitriles is 1. The van der Waals surface area contributed by atoms with Crippen molar-refractivity contribution in [2.45, 2.75) is 26.7 Å². The maximum absolute atomic E-state index is 12.1. The van der Waals surface area contributed by atoms with Gasteiger partial charge in [-0.1, -0.05) is 6.92 Å². The van der Waals surface area contributed by atoms with Gasteiger partial charge in [-0.3, -0.25) is 9.78 Å². The molecule has 0 radical (unpaired) electrons. The molecule has 1 heterocycles. The van der Waals surface area contributed by atoms with E-state index in [2.05, 4.69) is 11.1 Å². The second-order valence-electron chi connectivity index (χ2n) is 4.63. The van der Waals surface area contributed by atoms with Gasteiger partial charge < -0.3 is 4.90 Å². The molecule has 4 heteroatoms. The molecule has 1 unspecified atom stereocenters. The largest absolute Gasteiger partial charge is 0.344 e. The quantitative estimate of drug-likeness (QED) is 0.797. The van der Waals surface area contributed by atoms with Gasteiger partial charge in [0.25, 0.3) is 0 Å². The minimum Gasteiger partial charge on any atom is -0.344 e. The van der Waals surface area contributed by atoms with Crippen molar-refractivity contribution in [3.05, 3.63) is 30.1 Å². The van der Waals surface area contributed by atoms with Crippen LogP contribution >= 0.6 is 0 Å². The topological polar surface area (TPSA) is 57.0 Å². The summed E-state index contributed by atoms with van der Waals surface area (Å²) in [5, 5.41) is 9.08. The molecule has 1 aromatic rings. The molecule has 0 aromatic carbocycles. The number of nitrogens with zero attached hydrogens (tertiary/aromatic N) is 3. The van der Waals surface area contributed by atoms with Crippen LogP contribution in [0.2, 0.25) is 0 Å². The molecule has 0 aliphatic heterocycles. The van der Waals surface area contributed by atoms with Gasteiger partial charge in [0.1, 0.15) is 5.41 Å². The molecule has 0 N–H and O–H groups in total. The third kappa shape index (κ3) is 3.30. The number of carbonyl (C=O) groups is 1. The Hall–Kier alpha value is -1.89. The first-order chi connectivity index (χ1) is 8.53. The van der Waals surface area contributed by atoms with Crippen LogP contribution < -0.4 is 0 Å². The molecule has 0 saturated heterocycles. The number of hydrogen-bond donors (Lipinski definition) is 0. The molecule has 0 saturated carbocycles. The van der Waals surface area contributed by atoms with E-state index in [-0.39, 0.29) is 5.91 Å². The molecule has 0 fully saturated rings. The molecular formula is C14H19N3O. The third-order valence-corrected chi connectivity index (χ3v) is 3.26. The first kappa shape index (κ1) is 14.2. The highest BCUT2D eigenvalue weighted by Crippen LogP contribution is 2.22. The zero-order valence-corrected chi connectivity index (χ0v) is 11.2. The van der Waals surface area contributed by atoms with Crippen molar-refractivity contribution >= 4 is 5.91 Å². The number of amides is 1. The van der Waals surface area contributed by atoms with Gasteiger partial charge in [0.15, 0.2) is 0 Å². The lowest BCUT2D eigenvalue weighted by Gasteiger charge is -2.26. The molecule has 4 nitrogen and oxygen atoms in total. The third-order valence-electron chi connectivity index (χ3n) is 3.26. The van der Waals surface area contributed by atoms with Crippen molar-refractivity contribution in [2.75, 3.05) is 13.6 Å². The van der Waals surface area contributed by atoms with Gasteiger partial charge >= 0.3 is 0 Å². The molecule has 1 aromatic heterocycles. The van der Waals surface area contributed by atoms with Crippen LogP contribution in [0, 0.1) is 16.7 Å². The highest BCUT2D eigenvalue weighted by atomic mass is 16.2. The van der Waals surface area contributed by atoms with Crippen molar-refractivity contribution in [3.8, 4) is 6.07 Å². The van der Waals surface area contributed by atoms with Gasteiger partial charge in [0.2, 0.25) is 5.91 Å². The summed E-state index contributed by atoms with van der Waals surface area (Å²) in [6.07, 6.45) is 4.78. The molecule has 1 rings (SSSR count). The van der Waals surface area contributed by atoms with Crippen LogP contribution in [-0.2, 0) is 11.2 Å². The van der Waals surface area contributed by atoms with Gasteiger partial charge in [-0.05, 0) is 37.5 Å². The normalized spacial score (nSPS) is 13.4. The summed E-state index contributed by atoms with van der Waals surface area (Å²) < 4.78 is 0. The van der Waals surface area contributed by atoms with E-state index in [4.69, 9.17) is 5.26 Å². The zero-order chi connectivity index (χ0) is 13.6. The lowest BCUT2D eigenvalue weighted by Crippen LogP contribution is -2.40. The standard InChI is InChI=1S/C14H19N3O/c1-4-14(2,11-15)13(18)17(3)10-7-12-5-8-16-9-6-12/h5-6,8-9H,4,7,10H2,1-3H3. The Morgan fingerprint density at radius 3 is 2.61 bits per heavy atom. The molecular weight excluding hydrogens is 226 g/mol. The average Bonchev–Trinajstić information content (AvgIpc) is 2.44. The maximum atomic E-state index is 12.1. The van der Waals surface area contributed by atoms with Gasteiger partial charge in [0, 0.05) is 26.0 Å². The second-order valence-corrected chi connectivity index (χ2v) is 4.63. The van der Waals surface area contributed by atoms with Crippen LogP contribution in [0.1, 0.15) is 25.8 Å². The van der Waals surface area contributed by atoms with E-state index in [1.54, 1.807) is 31.3 Å². The minimum atomic E-state index is -0.910. The average molecular weight is 245 g/mol. The summed E-state index contributed by atoms with van der Waals surface area (Å²) in [6, 6.07) is 5.97. The fraction of sp³-hybridized carbons (Fsp3) is 0.500. The first-order valence-corrected chi connectivity index (χ1v) is 6.09. The molecule has 1 amide bonds. The summed E-state index contributed by atoms with van der Waals surface area (Å²) in [6.45, 7) is 4.16. The number of rotatable bonds is 5. The number of pyridine rings is 1. The van der Waals surface area contributed by atoms with Crippen LogP contribution in [0.25, 0.3) is 0 Å². The highest BCUT2D eigenvalue weighted by molar-refractivity contribution is 5.84. The van der Waals surface area contributed by atoms with Crippen LogP contribution in [0.3, 0.4) is 0 Å². The Bertz CT molecular complexity index is 438. The van der Waals surface area contributed by atoms with Crippen molar-refractivity contribution in [2.24, 2.45) is 5.41 Å². The first-order valence-electron chi connectivity index (χ1n) is 6.09. The van der Waals surface area contributed by atoms with E-state index in [0.717, 1.165) is 12.0 Å². The molecule has 1 atom stereocenters. The fourth-order valence-corrected chi connectivity index (χ4v) is 1.65. The van der Waals surface area contributed by atoms with Crippen molar-refractivity contribution in [1.29, 1.82) is 5.26 Å². The molecule has 0 bridgehead atoms. The summed E-state index contributed by atoms with van der Waals surface area (Å²) in [4.78, 5) is 17.7. The second kappa shape index (κ2) is 6.15. The van der Waals surface area contributed by atoms with Crippen molar-refractivity contribution in [1.82, 2.24) is 9.88 Å². The van der Waals surface area contributed by atoms with E-state index in [9.17, 15) is 4.79 Å². The summed E-state index contributed by atoms with van der Waals surface area (Å²) in [5.74, 6) is -0.110. The predicted molar refractivity (Wildman–Crippen MR) is 69.6 cm³/mol. The SMILES string of the molecule is CCC(C)(C#N)C(=O)N(C)CCc1ccncc1. The molecule has 18 heavy (non-hydrogen) atoms. The number of aromatic nitrogens is 1. The van der Waals surface area contributed by atoms with E-state index in [0.29, 0.717) is 13.0 Å². The summed E-state index contributed by atoms with van der Waals surface area (Å²) >= 11 is 0. The van der Waals surface area contributed by atoms with Crippen LogP contribution in [0.5, 0.6) is 0 Å². The Morgan fingerprint density at radius 1 is 1.50 bits per heavy atom. The van der Waals surface area contributed by atoms with Crippen LogP contribution in [0.15, 0.2) is 24.5 Å². The fourth-order valence-electron chi connectivity index (χ4n) is 1.65. The lowest BCUT2D eigenvalue weighted by atomic mass is 9.88. The van der Waals surface area contributed by atoms with Gasteiger partial charge in [0.05, 0.1) is 6.07 Å². The number of hydrogen-bond acceptors (Lipinski definition) is 3. The smallest absolute Gasteiger partial charge is 0.242 e. The van der Waals surface area contributed by atoms with Crippen molar-refractivity contribution in [3.63, 3.8) is 0 Å². The number of carbonyl (C=O) groups excluding carboxylic acids is 1.